The summed E-state index contributed by atoms with van der Waals surface area (Å²) in [5.74, 6) is 0.458. The number of halogens is 1. The SMILES string of the molecule is CC(C)c1cccc(C(C)(C)OI)n1. The van der Waals surface area contributed by atoms with Crippen LogP contribution in [0.5, 0.6) is 0 Å². The van der Waals surface area contributed by atoms with Crippen molar-refractivity contribution in [1.29, 1.82) is 0 Å². The van der Waals surface area contributed by atoms with Crippen molar-refractivity contribution in [3.63, 3.8) is 0 Å². The molecule has 1 rings (SSSR count). The van der Waals surface area contributed by atoms with E-state index in [1.54, 1.807) is 0 Å². The number of rotatable bonds is 3. The van der Waals surface area contributed by atoms with E-state index in [0.29, 0.717) is 5.92 Å². The fraction of sp³-hybridized carbons (Fsp3) is 0.545. The molecule has 0 amide bonds. The minimum absolute atomic E-state index is 0.314. The first-order valence-electron chi connectivity index (χ1n) is 4.74. The second-order valence-electron chi connectivity index (χ2n) is 4.19. The Balaban J connectivity index is 3.05. The molecule has 0 fully saturated rings. The van der Waals surface area contributed by atoms with Crippen molar-refractivity contribution in [1.82, 2.24) is 4.98 Å². The van der Waals surface area contributed by atoms with Crippen molar-refractivity contribution >= 4 is 23.0 Å². The predicted molar refractivity (Wildman–Crippen MR) is 66.5 cm³/mol. The van der Waals surface area contributed by atoms with Gasteiger partial charge < -0.3 is 3.07 Å². The lowest BCUT2D eigenvalue weighted by atomic mass is 10.0. The predicted octanol–water partition coefficient (Wildman–Crippen LogP) is 3.81. The average molecular weight is 305 g/mol. The van der Waals surface area contributed by atoms with Crippen molar-refractivity contribution in [2.24, 2.45) is 0 Å². The van der Waals surface area contributed by atoms with Gasteiger partial charge in [0.15, 0.2) is 0 Å². The smallest absolute Gasteiger partial charge is 0.117 e. The summed E-state index contributed by atoms with van der Waals surface area (Å²) in [7, 11) is 0. The Bertz CT molecular complexity index is 310. The third-order valence-corrected chi connectivity index (χ3v) is 3.27. The number of hydrogen-bond acceptors (Lipinski definition) is 2. The Labute approximate surface area is 99.8 Å². The van der Waals surface area contributed by atoms with E-state index in [-0.39, 0.29) is 5.60 Å². The highest BCUT2D eigenvalue weighted by Crippen LogP contribution is 2.26. The van der Waals surface area contributed by atoms with Gasteiger partial charge in [-0.2, -0.15) is 0 Å². The van der Waals surface area contributed by atoms with Gasteiger partial charge in [0, 0.05) is 5.69 Å². The molecule has 0 unspecified atom stereocenters. The summed E-state index contributed by atoms with van der Waals surface area (Å²) in [6.07, 6.45) is 0. The molecule has 0 aliphatic rings. The number of pyridine rings is 1. The molecule has 78 valence electrons. The summed E-state index contributed by atoms with van der Waals surface area (Å²) in [5.41, 5.74) is 1.79. The van der Waals surface area contributed by atoms with Crippen LogP contribution in [0.3, 0.4) is 0 Å². The van der Waals surface area contributed by atoms with Crippen LogP contribution in [0, 0.1) is 0 Å². The van der Waals surface area contributed by atoms with E-state index in [0.717, 1.165) is 11.4 Å². The summed E-state index contributed by atoms with van der Waals surface area (Å²) in [4.78, 5) is 4.58. The van der Waals surface area contributed by atoms with Crippen LogP contribution in [0.15, 0.2) is 18.2 Å². The fourth-order valence-electron chi connectivity index (χ4n) is 1.15. The molecule has 2 nitrogen and oxygen atoms in total. The molecule has 0 atom stereocenters. The summed E-state index contributed by atoms with van der Waals surface area (Å²) in [6.45, 7) is 8.33. The first-order chi connectivity index (χ1) is 6.47. The van der Waals surface area contributed by atoms with Crippen LogP contribution in [0.2, 0.25) is 0 Å². The normalized spacial score (nSPS) is 12.1. The molecular weight excluding hydrogens is 289 g/mol. The van der Waals surface area contributed by atoms with Crippen LogP contribution in [0.4, 0.5) is 0 Å². The van der Waals surface area contributed by atoms with Gasteiger partial charge in [0.1, 0.15) is 28.6 Å². The maximum atomic E-state index is 5.37. The molecule has 0 N–H and O–H groups in total. The molecule has 0 saturated heterocycles. The number of hydrogen-bond donors (Lipinski definition) is 0. The zero-order valence-electron chi connectivity index (χ0n) is 9.04. The third kappa shape index (κ3) is 2.67. The maximum Gasteiger partial charge on any atom is 0.117 e. The van der Waals surface area contributed by atoms with E-state index >= 15 is 0 Å². The van der Waals surface area contributed by atoms with Gasteiger partial charge in [-0.15, -0.1) is 0 Å². The van der Waals surface area contributed by atoms with Gasteiger partial charge in [0.05, 0.1) is 5.69 Å². The molecule has 0 saturated carbocycles. The van der Waals surface area contributed by atoms with Crippen molar-refractivity contribution < 1.29 is 3.07 Å². The largest absolute Gasteiger partial charge is 0.303 e. The zero-order valence-corrected chi connectivity index (χ0v) is 11.2. The first-order valence-corrected chi connectivity index (χ1v) is 5.62. The Morgan fingerprint density at radius 3 is 2.50 bits per heavy atom. The Hall–Kier alpha value is -0.160. The van der Waals surface area contributed by atoms with Crippen molar-refractivity contribution in [3.8, 4) is 0 Å². The molecule has 3 heteroatoms. The Kier molecular flexibility index (Phi) is 3.89. The van der Waals surface area contributed by atoms with E-state index < -0.39 is 0 Å². The van der Waals surface area contributed by atoms with E-state index in [1.165, 1.54) is 0 Å². The van der Waals surface area contributed by atoms with Gasteiger partial charge in [0.25, 0.3) is 0 Å². The highest BCUT2D eigenvalue weighted by atomic mass is 127. The standard InChI is InChI=1S/C11H16INO/c1-8(2)9-6-5-7-10(13-9)11(3,4)14-12/h5-8H,1-4H3. The lowest BCUT2D eigenvalue weighted by Gasteiger charge is -2.21. The van der Waals surface area contributed by atoms with Gasteiger partial charge in [-0.25, -0.2) is 0 Å². The molecule has 0 bridgehead atoms. The minimum atomic E-state index is -0.314. The summed E-state index contributed by atoms with van der Waals surface area (Å²) in [5, 5.41) is 0. The van der Waals surface area contributed by atoms with Crippen LogP contribution in [-0.2, 0) is 8.67 Å². The minimum Gasteiger partial charge on any atom is -0.303 e. The highest BCUT2D eigenvalue weighted by Gasteiger charge is 2.22. The molecule has 0 spiro atoms. The molecule has 0 radical (unpaired) electrons. The zero-order chi connectivity index (χ0) is 10.8. The van der Waals surface area contributed by atoms with Gasteiger partial charge in [0.2, 0.25) is 0 Å². The van der Waals surface area contributed by atoms with Gasteiger partial charge >= 0.3 is 0 Å². The second-order valence-corrected chi connectivity index (χ2v) is 4.63. The molecule has 0 aromatic carbocycles. The highest BCUT2D eigenvalue weighted by molar-refractivity contribution is 14.1. The van der Waals surface area contributed by atoms with Crippen LogP contribution in [0.25, 0.3) is 0 Å². The molecule has 1 aromatic rings. The maximum absolute atomic E-state index is 5.37. The lowest BCUT2D eigenvalue weighted by Crippen LogP contribution is -2.19. The molecule has 1 heterocycles. The Morgan fingerprint density at radius 1 is 1.36 bits per heavy atom. The van der Waals surface area contributed by atoms with Crippen LogP contribution in [-0.4, -0.2) is 4.98 Å². The lowest BCUT2D eigenvalue weighted by molar-refractivity contribution is 0.170. The van der Waals surface area contributed by atoms with E-state index in [9.17, 15) is 0 Å². The molecule has 14 heavy (non-hydrogen) atoms. The fourth-order valence-corrected chi connectivity index (χ4v) is 1.37. The third-order valence-electron chi connectivity index (χ3n) is 2.17. The van der Waals surface area contributed by atoms with E-state index in [1.807, 2.05) is 49.0 Å². The molecule has 0 aliphatic heterocycles. The van der Waals surface area contributed by atoms with E-state index in [2.05, 4.69) is 24.9 Å². The van der Waals surface area contributed by atoms with Crippen molar-refractivity contribution in [2.75, 3.05) is 0 Å². The van der Waals surface area contributed by atoms with Gasteiger partial charge in [-0.3, -0.25) is 4.98 Å². The van der Waals surface area contributed by atoms with Crippen LogP contribution in [0.1, 0.15) is 45.0 Å². The molecule has 0 aliphatic carbocycles. The van der Waals surface area contributed by atoms with Crippen LogP contribution < -0.4 is 0 Å². The Morgan fingerprint density at radius 2 is 2.00 bits per heavy atom. The van der Waals surface area contributed by atoms with Crippen molar-refractivity contribution in [3.05, 3.63) is 29.6 Å². The van der Waals surface area contributed by atoms with Gasteiger partial charge in [-0.1, -0.05) is 19.9 Å². The first kappa shape index (κ1) is 11.9. The van der Waals surface area contributed by atoms with Gasteiger partial charge in [-0.05, 0) is 31.9 Å². The average Bonchev–Trinajstić information content (AvgIpc) is 2.18. The molecular formula is C11H16INO. The number of aromatic nitrogens is 1. The second kappa shape index (κ2) is 4.57. The summed E-state index contributed by atoms with van der Waals surface area (Å²) < 4.78 is 5.37. The summed E-state index contributed by atoms with van der Waals surface area (Å²) >= 11 is 1.92. The molecule has 1 aromatic heterocycles. The quantitative estimate of drug-likeness (QED) is 0.792. The topological polar surface area (TPSA) is 22.1 Å². The van der Waals surface area contributed by atoms with Crippen LogP contribution >= 0.6 is 23.0 Å². The number of nitrogens with zero attached hydrogens (tertiary/aromatic N) is 1. The monoisotopic (exact) mass is 305 g/mol. The van der Waals surface area contributed by atoms with E-state index in [4.69, 9.17) is 3.07 Å². The van der Waals surface area contributed by atoms with Crippen molar-refractivity contribution in [2.45, 2.75) is 39.2 Å². The summed E-state index contributed by atoms with van der Waals surface area (Å²) in [6, 6.07) is 6.09.